The van der Waals surface area contributed by atoms with Gasteiger partial charge in [0.05, 0.1) is 5.52 Å². The van der Waals surface area contributed by atoms with Gasteiger partial charge in [0.2, 0.25) is 0 Å². The van der Waals surface area contributed by atoms with Crippen LogP contribution in [0.25, 0.3) is 10.2 Å². The third-order valence-corrected chi connectivity index (χ3v) is 6.97. The van der Waals surface area contributed by atoms with Crippen molar-refractivity contribution in [1.82, 2.24) is 14.5 Å². The molecule has 0 unspecified atom stereocenters. The normalized spacial score (nSPS) is 15.1. The number of fused-ring (bicyclic) bond motifs is 1. The highest BCUT2D eigenvalue weighted by atomic mass is 35.5. The summed E-state index contributed by atoms with van der Waals surface area (Å²) < 4.78 is 2.59. The van der Waals surface area contributed by atoms with E-state index in [4.69, 9.17) is 16.6 Å². The number of thioether (sulfide) groups is 1. The average molecular weight is 406 g/mol. The topological polar surface area (TPSA) is 38.1 Å². The Bertz CT molecular complexity index is 963. The number of halogens is 1. The van der Waals surface area contributed by atoms with E-state index in [-0.39, 0.29) is 5.56 Å². The summed E-state index contributed by atoms with van der Waals surface area (Å²) in [6.45, 7) is 3.85. The summed E-state index contributed by atoms with van der Waals surface area (Å²) in [7, 11) is 0. The zero-order valence-corrected chi connectivity index (χ0v) is 16.7. The fraction of sp³-hybridized carbons (Fsp3) is 0.368. The van der Waals surface area contributed by atoms with Gasteiger partial charge in [-0.3, -0.25) is 9.36 Å². The van der Waals surface area contributed by atoms with Crippen LogP contribution in [0.1, 0.15) is 18.4 Å². The molecule has 0 atom stereocenters. The van der Waals surface area contributed by atoms with Gasteiger partial charge in [-0.2, -0.15) is 0 Å². The van der Waals surface area contributed by atoms with E-state index < -0.39 is 0 Å². The first kappa shape index (κ1) is 18.0. The lowest BCUT2D eigenvalue weighted by Gasteiger charge is -2.17. The van der Waals surface area contributed by atoms with Gasteiger partial charge in [-0.1, -0.05) is 41.6 Å². The fourth-order valence-electron chi connectivity index (χ4n) is 3.24. The molecule has 7 heteroatoms. The largest absolute Gasteiger partial charge is 0.302 e. The molecule has 0 saturated carbocycles. The molecule has 4 rings (SSSR count). The van der Waals surface area contributed by atoms with Crippen molar-refractivity contribution in [3.8, 4) is 0 Å². The predicted octanol–water partition coefficient (Wildman–Crippen LogP) is 4.50. The molecule has 26 heavy (non-hydrogen) atoms. The molecule has 1 aliphatic heterocycles. The molecule has 0 radical (unpaired) electrons. The van der Waals surface area contributed by atoms with Gasteiger partial charge in [0.1, 0.15) is 4.70 Å². The SMILES string of the molecule is O=c1c2sccc2nc(SCc2ccccc2Cl)n1CCN1CCCC1. The first-order valence-electron chi connectivity index (χ1n) is 8.79. The molecule has 1 fully saturated rings. The zero-order valence-electron chi connectivity index (χ0n) is 14.4. The second-order valence-electron chi connectivity index (χ2n) is 6.41. The summed E-state index contributed by atoms with van der Waals surface area (Å²) in [6, 6.07) is 9.75. The molecule has 0 N–H and O–H groups in total. The van der Waals surface area contributed by atoms with E-state index in [0.717, 1.165) is 45.6 Å². The second kappa shape index (κ2) is 8.13. The molecular weight excluding hydrogens is 386 g/mol. The molecule has 0 aliphatic carbocycles. The van der Waals surface area contributed by atoms with Crippen molar-refractivity contribution in [3.05, 3.63) is 56.7 Å². The third kappa shape index (κ3) is 3.83. The molecule has 3 aromatic rings. The molecule has 1 saturated heterocycles. The Balaban J connectivity index is 1.61. The van der Waals surface area contributed by atoms with Crippen LogP contribution in [0.4, 0.5) is 0 Å². The molecular formula is C19H20ClN3OS2. The Labute approximate surface area is 165 Å². The van der Waals surface area contributed by atoms with Gasteiger partial charge in [0.25, 0.3) is 5.56 Å². The minimum Gasteiger partial charge on any atom is -0.302 e. The van der Waals surface area contributed by atoms with Crippen molar-refractivity contribution < 1.29 is 0 Å². The summed E-state index contributed by atoms with van der Waals surface area (Å²) in [4.78, 5) is 20.2. The van der Waals surface area contributed by atoms with Crippen LogP contribution in [0.5, 0.6) is 0 Å². The molecule has 0 bridgehead atoms. The van der Waals surface area contributed by atoms with Gasteiger partial charge in [-0.15, -0.1) is 11.3 Å². The molecule has 0 spiro atoms. The maximum atomic E-state index is 13.0. The molecule has 4 nitrogen and oxygen atoms in total. The number of aromatic nitrogens is 2. The molecule has 1 aromatic carbocycles. The Morgan fingerprint density at radius 3 is 2.77 bits per heavy atom. The summed E-state index contributed by atoms with van der Waals surface area (Å²) in [5, 5.41) is 3.47. The van der Waals surface area contributed by atoms with Crippen LogP contribution in [0, 0.1) is 0 Å². The highest BCUT2D eigenvalue weighted by Gasteiger charge is 2.16. The molecule has 136 valence electrons. The standard InChI is InChI=1S/C19H20ClN3OS2/c20-15-6-2-1-5-14(15)13-26-19-21-16-7-12-25-17(16)18(24)23(19)11-10-22-8-3-4-9-22/h1-2,5-7,12H,3-4,8-11,13H2. The number of thiophene rings is 1. The zero-order chi connectivity index (χ0) is 17.9. The number of rotatable bonds is 6. The number of benzene rings is 1. The van der Waals surface area contributed by atoms with E-state index in [1.54, 1.807) is 11.8 Å². The lowest BCUT2D eigenvalue weighted by molar-refractivity contribution is 0.315. The van der Waals surface area contributed by atoms with Crippen LogP contribution < -0.4 is 5.56 Å². The monoisotopic (exact) mass is 405 g/mol. The predicted molar refractivity (Wildman–Crippen MR) is 111 cm³/mol. The minimum absolute atomic E-state index is 0.0749. The first-order valence-corrected chi connectivity index (χ1v) is 11.0. The van der Waals surface area contributed by atoms with Gasteiger partial charge >= 0.3 is 0 Å². The minimum atomic E-state index is 0.0749. The van der Waals surface area contributed by atoms with Crippen LogP contribution in [0.3, 0.4) is 0 Å². The first-order chi connectivity index (χ1) is 12.7. The van der Waals surface area contributed by atoms with Crippen LogP contribution >= 0.6 is 34.7 Å². The molecule has 3 heterocycles. The Morgan fingerprint density at radius 2 is 1.96 bits per heavy atom. The lowest BCUT2D eigenvalue weighted by atomic mass is 10.2. The van der Waals surface area contributed by atoms with Gasteiger partial charge in [0.15, 0.2) is 5.16 Å². The molecule has 2 aromatic heterocycles. The van der Waals surface area contributed by atoms with E-state index in [2.05, 4.69) is 4.90 Å². The summed E-state index contributed by atoms with van der Waals surface area (Å²) in [6.07, 6.45) is 2.51. The quantitative estimate of drug-likeness (QED) is 0.447. The Morgan fingerprint density at radius 1 is 1.15 bits per heavy atom. The smallest absolute Gasteiger partial charge is 0.272 e. The summed E-state index contributed by atoms with van der Waals surface area (Å²) in [5.41, 5.74) is 1.93. The van der Waals surface area contributed by atoms with E-state index >= 15 is 0 Å². The number of hydrogen-bond acceptors (Lipinski definition) is 5. The van der Waals surface area contributed by atoms with Crippen molar-refractivity contribution in [1.29, 1.82) is 0 Å². The van der Waals surface area contributed by atoms with Gasteiger partial charge in [-0.05, 0) is 49.0 Å². The molecule has 1 aliphatic rings. The number of nitrogens with zero attached hydrogens (tertiary/aromatic N) is 3. The summed E-state index contributed by atoms with van der Waals surface area (Å²) >= 11 is 9.33. The van der Waals surface area contributed by atoms with Gasteiger partial charge in [0, 0.05) is 23.9 Å². The number of likely N-dealkylation sites (tertiary alicyclic amines) is 1. The number of hydrogen-bond donors (Lipinski definition) is 0. The second-order valence-corrected chi connectivity index (χ2v) is 8.68. The van der Waals surface area contributed by atoms with Crippen molar-refractivity contribution in [3.63, 3.8) is 0 Å². The van der Waals surface area contributed by atoms with Crippen molar-refractivity contribution in [2.75, 3.05) is 19.6 Å². The van der Waals surface area contributed by atoms with Crippen molar-refractivity contribution >= 4 is 44.9 Å². The fourth-order valence-corrected chi connectivity index (χ4v) is 5.33. The van der Waals surface area contributed by atoms with Crippen LogP contribution in [0.2, 0.25) is 5.02 Å². The highest BCUT2D eigenvalue weighted by molar-refractivity contribution is 7.98. The van der Waals surface area contributed by atoms with Crippen LogP contribution in [-0.2, 0) is 12.3 Å². The average Bonchev–Trinajstić information content (AvgIpc) is 3.32. The summed E-state index contributed by atoms with van der Waals surface area (Å²) in [5.74, 6) is 0.700. The van der Waals surface area contributed by atoms with Gasteiger partial charge in [-0.25, -0.2) is 4.98 Å². The Hall–Kier alpha value is -1.34. The lowest BCUT2D eigenvalue weighted by Crippen LogP contribution is -2.30. The maximum absolute atomic E-state index is 13.0. The van der Waals surface area contributed by atoms with E-state index in [1.165, 1.54) is 24.2 Å². The molecule has 0 amide bonds. The van der Waals surface area contributed by atoms with Crippen molar-refractivity contribution in [2.45, 2.75) is 30.3 Å². The highest BCUT2D eigenvalue weighted by Crippen LogP contribution is 2.27. The van der Waals surface area contributed by atoms with Gasteiger partial charge < -0.3 is 4.90 Å². The van der Waals surface area contributed by atoms with E-state index in [9.17, 15) is 4.79 Å². The van der Waals surface area contributed by atoms with Crippen LogP contribution in [-0.4, -0.2) is 34.1 Å². The third-order valence-electron chi connectivity index (χ3n) is 4.68. The van der Waals surface area contributed by atoms with Crippen LogP contribution in [0.15, 0.2) is 45.7 Å². The van der Waals surface area contributed by atoms with Crippen molar-refractivity contribution in [2.24, 2.45) is 0 Å². The van der Waals surface area contributed by atoms with E-state index in [0.29, 0.717) is 12.3 Å². The Kier molecular flexibility index (Phi) is 5.64. The maximum Gasteiger partial charge on any atom is 0.272 e. The van der Waals surface area contributed by atoms with E-state index in [1.807, 2.05) is 40.3 Å².